The number of carbonyl (C=O) groups excluding carboxylic acids is 2. The third kappa shape index (κ3) is 7.07. The van der Waals surface area contributed by atoms with Gasteiger partial charge < -0.3 is 10.6 Å². The van der Waals surface area contributed by atoms with Gasteiger partial charge >= 0.3 is 24.2 Å². The molecular weight excluding hydrogens is 847 g/mol. The Bertz CT molecular complexity index is 2710. The number of hydrogen-bond donors (Lipinski definition) is 6. The number of fused-ring (bicyclic) bond motifs is 2. The molecule has 4 aromatic rings. The molecule has 14 nitrogen and oxygen atoms in total. The van der Waals surface area contributed by atoms with Crippen LogP contribution in [0.2, 0.25) is 2.82 Å². The highest BCUT2D eigenvalue weighted by Crippen LogP contribution is 2.52. The van der Waals surface area contributed by atoms with Crippen LogP contribution in [0.15, 0.2) is 107 Å². The number of alkyl halides is 6. The van der Waals surface area contributed by atoms with Gasteiger partial charge in [-0.15, -0.1) is 0 Å². The molecule has 2 unspecified atom stereocenters. The van der Waals surface area contributed by atoms with Crippen LogP contribution < -0.4 is 10.6 Å². The number of carbonyl (C=O) groups is 2. The lowest BCUT2D eigenvalue weighted by Gasteiger charge is -2.38. The molecule has 0 saturated carbocycles. The second kappa shape index (κ2) is 14.9. The van der Waals surface area contributed by atoms with E-state index in [1.54, 1.807) is 24.5 Å². The average Bonchev–Trinajstić information content (AvgIpc) is 3.18. The van der Waals surface area contributed by atoms with E-state index in [1.165, 1.54) is 84.9 Å². The number of halogens is 6. The Hall–Kier alpha value is -6.10. The predicted molar refractivity (Wildman–Crippen MR) is 201 cm³/mol. The normalized spacial score (nSPS) is 20.4. The number of hydrogen-bond acceptors (Lipinski definition) is 10. The van der Waals surface area contributed by atoms with Gasteiger partial charge in [0.05, 0.1) is 22.8 Å². The molecule has 0 aromatic heterocycles. The third-order valence-electron chi connectivity index (χ3n) is 10.5. The van der Waals surface area contributed by atoms with Crippen molar-refractivity contribution in [2.45, 2.75) is 48.5 Å². The van der Waals surface area contributed by atoms with Crippen LogP contribution in [-0.4, -0.2) is 50.1 Å². The second-order valence-corrected chi connectivity index (χ2v) is 17.1. The van der Waals surface area contributed by atoms with Gasteiger partial charge in [-0.3, -0.25) is 18.7 Å². The first-order chi connectivity index (χ1) is 28.8. The summed E-state index contributed by atoms with van der Waals surface area (Å²) >= 11 is 0. The van der Waals surface area contributed by atoms with Crippen LogP contribution in [0, 0.1) is 24.9 Å². The maximum atomic E-state index is 13.6. The van der Waals surface area contributed by atoms with E-state index in [0.29, 0.717) is 22.3 Å². The van der Waals surface area contributed by atoms with Gasteiger partial charge in [0.15, 0.2) is 9.49 Å². The van der Waals surface area contributed by atoms with Gasteiger partial charge in [0.25, 0.3) is 20.2 Å². The van der Waals surface area contributed by atoms with Crippen LogP contribution in [0.5, 0.6) is 0 Å². The van der Waals surface area contributed by atoms with Crippen molar-refractivity contribution in [3.8, 4) is 11.1 Å². The fraction of sp³-hybridized carbons (Fsp3) is 0.211. The minimum atomic E-state index is -5.38. The first-order valence-electron chi connectivity index (χ1n) is 18.0. The molecular formula is C38H30F6N6O8S2. The summed E-state index contributed by atoms with van der Waals surface area (Å²) in [6.45, 7) is 3.09. The van der Waals surface area contributed by atoms with E-state index in [1.807, 2.05) is 0 Å². The Kier molecular flexibility index (Phi) is 10.1. The van der Waals surface area contributed by atoms with Crippen LogP contribution in [0.3, 0.4) is 0 Å². The molecule has 0 bridgehead atoms. The van der Waals surface area contributed by atoms with Crippen molar-refractivity contribution in [3.63, 3.8) is 0 Å². The minimum absolute atomic E-state index is 0.123. The maximum absolute atomic E-state index is 13.6. The van der Waals surface area contributed by atoms with Gasteiger partial charge in [0.2, 0.25) is 2.82 Å². The van der Waals surface area contributed by atoms with E-state index >= 15 is 0 Å². The summed E-state index contributed by atoms with van der Waals surface area (Å²) in [4.78, 5) is 24.1. The van der Waals surface area contributed by atoms with Crippen molar-refractivity contribution >= 4 is 43.4 Å². The van der Waals surface area contributed by atoms with E-state index in [2.05, 4.69) is 21.3 Å². The van der Waals surface area contributed by atoms with Gasteiger partial charge in [-0.1, -0.05) is 84.9 Å². The predicted octanol–water partition coefficient (Wildman–Crippen LogP) is 7.80. The highest BCUT2D eigenvalue weighted by atomic mass is 32.2. The third-order valence-corrected chi connectivity index (χ3v) is 13.4. The number of allylic oxidation sites excluding steroid dienone is 2. The van der Waals surface area contributed by atoms with Gasteiger partial charge in [-0.25, -0.2) is 11.0 Å². The SMILES string of the molecule is [H]/N=N/C1=C(NC(=O)C(F)(F)F)c2ccccc2C(c2ccc(-c3ccc(C4(S(=O)(=O)O)CC(/N=N/[H])=C(NC(=O)C(F)(F)F)c5ccccc54)cc3C)c(C)c2)(S(=O)(=O)O)C1. The van der Waals surface area contributed by atoms with Crippen LogP contribution >= 0.6 is 0 Å². The largest absolute Gasteiger partial charge is 0.471 e. The first kappa shape index (κ1) is 40.7. The number of rotatable bonds is 9. The Morgan fingerprint density at radius 1 is 0.633 bits per heavy atom. The smallest absolute Gasteiger partial charge is 0.316 e. The lowest BCUT2D eigenvalue weighted by atomic mass is 9.77. The second-order valence-electron chi connectivity index (χ2n) is 13.9. The molecule has 4 aromatic carbocycles. The molecule has 2 aliphatic rings. The van der Waals surface area contributed by atoms with Crippen molar-refractivity contribution in [1.82, 2.24) is 10.6 Å². The van der Waals surface area contributed by atoms with E-state index in [-0.39, 0.29) is 33.4 Å². The molecule has 6 N–H and O–H groups in total. The van der Waals surface area contributed by atoms with Gasteiger partial charge in [0.1, 0.15) is 0 Å². The van der Waals surface area contributed by atoms with Crippen LogP contribution in [0.25, 0.3) is 22.5 Å². The number of nitrogens with one attached hydrogen (secondary N) is 4. The quantitative estimate of drug-likeness (QED) is 0.0550. The maximum Gasteiger partial charge on any atom is 0.471 e. The lowest BCUT2D eigenvalue weighted by Crippen LogP contribution is -2.43. The molecule has 0 aliphatic heterocycles. The molecule has 0 spiro atoms. The summed E-state index contributed by atoms with van der Waals surface area (Å²) in [5, 5.41) is 10.4. The number of aryl methyl sites for hydroxylation is 2. The summed E-state index contributed by atoms with van der Waals surface area (Å²) in [7, 11) is -10.6. The van der Waals surface area contributed by atoms with Crippen molar-refractivity contribution in [1.29, 1.82) is 11.0 Å². The molecule has 2 amide bonds. The average molecular weight is 877 g/mol. The zero-order chi connectivity index (χ0) is 45.8. The topological polar surface area (TPSA) is 239 Å². The zero-order valence-electron chi connectivity index (χ0n) is 32.7. The molecule has 0 heterocycles. The molecule has 314 valence electrons. The molecule has 60 heavy (non-hydrogen) atoms. The molecule has 0 radical (unpaired) electrons. The molecule has 22 heteroatoms. The van der Waals surface area contributed by atoms with Gasteiger partial charge in [0, 0.05) is 24.0 Å². The van der Waals surface area contributed by atoms with E-state index in [4.69, 9.17) is 2.82 Å². The van der Waals surface area contributed by atoms with Gasteiger partial charge in [-0.05, 0) is 58.4 Å². The van der Waals surface area contributed by atoms with E-state index in [9.17, 15) is 61.9 Å². The fourth-order valence-corrected chi connectivity index (χ4v) is 10.2. The van der Waals surface area contributed by atoms with E-state index < -0.39 is 89.5 Å². The Morgan fingerprint density at radius 2 is 0.983 bits per heavy atom. The van der Waals surface area contributed by atoms with Crippen molar-refractivity contribution in [2.75, 3.05) is 0 Å². The van der Waals surface area contributed by atoms with E-state index in [0.717, 1.165) is 0 Å². The van der Waals surface area contributed by atoms with Crippen LogP contribution in [0.4, 0.5) is 26.3 Å². The standard InChI is InChI=1S/C38H30F6N6O8S2/c1-19-15-21(35(59(53,54)55)17-29(49-45)31(47-33(51)37(39,40)41)25-7-3-5-9-27(25)35)11-13-23(19)24-14-12-22(16-20(24)2)36(60(56,57)58)18-30(50-46)32(48-34(52)38(42,43)44)26-8-4-6-10-28(26)36/h3-16,45-46H,17-18H2,1-2H3,(H,47,51)(H,48,52)(H,53,54,55)(H,56,57,58)/b49-45+,50-46+. The zero-order valence-corrected chi connectivity index (χ0v) is 32.3. The van der Waals surface area contributed by atoms with Crippen molar-refractivity contribution in [3.05, 3.63) is 141 Å². The Morgan fingerprint density at radius 3 is 1.28 bits per heavy atom. The summed E-state index contributed by atoms with van der Waals surface area (Å²) in [6, 6.07) is 18.4. The molecule has 2 atom stereocenters. The Balaban J connectivity index is 1.50. The Labute approximate surface area is 339 Å². The molecule has 0 fully saturated rings. The molecule has 0 saturated heterocycles. The van der Waals surface area contributed by atoms with Crippen molar-refractivity contribution in [2.24, 2.45) is 10.2 Å². The number of benzene rings is 4. The lowest BCUT2D eigenvalue weighted by molar-refractivity contribution is -0.172. The number of nitrogens with zero attached hydrogens (tertiary/aromatic N) is 2. The molecule has 2 aliphatic carbocycles. The first-order valence-corrected chi connectivity index (χ1v) is 20.0. The monoisotopic (exact) mass is 876 g/mol. The summed E-state index contributed by atoms with van der Waals surface area (Å²) in [5.74, 6) is -4.85. The molecule has 6 rings (SSSR count). The summed E-state index contributed by atoms with van der Waals surface area (Å²) in [5.41, 5.74) is 3.52. The summed E-state index contributed by atoms with van der Waals surface area (Å²) < 4.78 is 166. The fourth-order valence-electron chi connectivity index (χ4n) is 7.78. The van der Waals surface area contributed by atoms with Gasteiger partial charge in [-0.2, -0.15) is 53.4 Å². The van der Waals surface area contributed by atoms with Crippen LogP contribution in [-0.2, 0) is 39.3 Å². The van der Waals surface area contributed by atoms with Crippen LogP contribution in [0.1, 0.15) is 57.3 Å². The highest BCUT2D eigenvalue weighted by Gasteiger charge is 2.54. The minimum Gasteiger partial charge on any atom is -0.316 e. The number of amides is 2. The van der Waals surface area contributed by atoms with Crippen molar-refractivity contribution < 1.29 is 64.7 Å². The highest BCUT2D eigenvalue weighted by molar-refractivity contribution is 7.87. The summed E-state index contributed by atoms with van der Waals surface area (Å²) in [6.07, 6.45) is -12.6.